The van der Waals surface area contributed by atoms with E-state index in [9.17, 15) is 5.11 Å². The number of rotatable bonds is 4. The van der Waals surface area contributed by atoms with Gasteiger partial charge in [-0.3, -0.25) is 0 Å². The van der Waals surface area contributed by atoms with Crippen LogP contribution in [0.5, 0.6) is 11.5 Å². The molecule has 92 valence electrons. The highest BCUT2D eigenvalue weighted by Gasteiger charge is 2.05. The van der Waals surface area contributed by atoms with Gasteiger partial charge in [0, 0.05) is 6.07 Å². The van der Waals surface area contributed by atoms with E-state index in [1.165, 1.54) is 6.07 Å². The molecule has 2 aromatic rings. The minimum atomic E-state index is 0.0352. The fourth-order valence-electron chi connectivity index (χ4n) is 1.55. The number of phenolic OH excluding ortho intramolecular Hbond substituents is 1. The lowest BCUT2D eigenvalue weighted by atomic mass is 10.2. The van der Waals surface area contributed by atoms with Crippen LogP contribution in [-0.2, 0) is 6.61 Å². The van der Waals surface area contributed by atoms with E-state index in [0.717, 1.165) is 5.56 Å². The van der Waals surface area contributed by atoms with E-state index in [0.29, 0.717) is 17.9 Å². The van der Waals surface area contributed by atoms with Crippen LogP contribution in [0.2, 0.25) is 0 Å². The highest BCUT2D eigenvalue weighted by atomic mass is 32.1. The Bertz CT molecular complexity index is 555. The largest absolute Gasteiger partial charge is 0.507 e. The van der Waals surface area contributed by atoms with Crippen LogP contribution in [0.4, 0.5) is 0 Å². The Morgan fingerprint density at radius 1 is 1.17 bits per heavy atom. The third-order valence-corrected chi connectivity index (χ3v) is 2.70. The molecule has 2 rings (SSSR count). The highest BCUT2D eigenvalue weighted by Crippen LogP contribution is 2.24. The molecule has 3 nitrogen and oxygen atoms in total. The Morgan fingerprint density at radius 3 is 2.50 bits per heavy atom. The molecule has 0 atom stereocenters. The van der Waals surface area contributed by atoms with Crippen LogP contribution in [0, 0.1) is 0 Å². The number of nitrogens with two attached hydrogens (primary N) is 1. The zero-order chi connectivity index (χ0) is 13.0. The van der Waals surface area contributed by atoms with Gasteiger partial charge in [0.15, 0.2) is 0 Å². The molecule has 0 aliphatic rings. The van der Waals surface area contributed by atoms with Gasteiger partial charge in [-0.15, -0.1) is 0 Å². The summed E-state index contributed by atoms with van der Waals surface area (Å²) in [4.78, 5) is 0.169. The summed E-state index contributed by atoms with van der Waals surface area (Å²) in [6.45, 7) is 0.451. The molecule has 0 saturated carbocycles. The molecule has 3 N–H and O–H groups in total. The lowest BCUT2D eigenvalue weighted by Crippen LogP contribution is -2.09. The first kappa shape index (κ1) is 12.4. The number of thiocarbonyl (C=S) groups is 1. The second kappa shape index (κ2) is 5.51. The molecule has 0 amide bonds. The van der Waals surface area contributed by atoms with Crippen LogP contribution in [0.3, 0.4) is 0 Å². The number of phenols is 1. The van der Waals surface area contributed by atoms with Crippen LogP contribution >= 0.6 is 12.2 Å². The van der Waals surface area contributed by atoms with Crippen molar-refractivity contribution in [2.45, 2.75) is 6.61 Å². The molecule has 0 unspecified atom stereocenters. The Labute approximate surface area is 111 Å². The van der Waals surface area contributed by atoms with E-state index in [2.05, 4.69) is 0 Å². The van der Waals surface area contributed by atoms with Gasteiger partial charge in [0.05, 0.1) is 5.56 Å². The van der Waals surface area contributed by atoms with Crippen molar-refractivity contribution in [1.29, 1.82) is 0 Å². The number of ether oxygens (including phenoxy) is 1. The number of benzene rings is 2. The molecule has 4 heteroatoms. The van der Waals surface area contributed by atoms with Gasteiger partial charge >= 0.3 is 0 Å². The molecule has 0 saturated heterocycles. The van der Waals surface area contributed by atoms with Gasteiger partial charge in [-0.25, -0.2) is 0 Å². The summed E-state index contributed by atoms with van der Waals surface area (Å²) in [6.07, 6.45) is 0. The Balaban J connectivity index is 2.07. The molecular formula is C14H13NO2S. The lowest BCUT2D eigenvalue weighted by Gasteiger charge is -2.08. The Hall–Kier alpha value is -2.07. The lowest BCUT2D eigenvalue weighted by molar-refractivity contribution is 0.304. The smallest absolute Gasteiger partial charge is 0.129 e. The highest BCUT2D eigenvalue weighted by molar-refractivity contribution is 7.80. The van der Waals surface area contributed by atoms with E-state index in [1.54, 1.807) is 12.1 Å². The van der Waals surface area contributed by atoms with Gasteiger partial charge in [0.1, 0.15) is 23.1 Å². The molecule has 0 aliphatic heterocycles. The standard InChI is InChI=1S/C14H13NO2S/c15-14(18)12-7-6-11(8-13(12)16)17-9-10-4-2-1-3-5-10/h1-8,16H,9H2,(H2,15,18). The zero-order valence-corrected chi connectivity index (χ0v) is 10.5. The first-order valence-electron chi connectivity index (χ1n) is 5.46. The van der Waals surface area contributed by atoms with Crippen molar-refractivity contribution in [2.75, 3.05) is 0 Å². The summed E-state index contributed by atoms with van der Waals surface area (Å²) in [5.41, 5.74) is 6.98. The Morgan fingerprint density at radius 2 is 1.89 bits per heavy atom. The molecule has 18 heavy (non-hydrogen) atoms. The minimum absolute atomic E-state index is 0.0352. The van der Waals surface area contributed by atoms with Crippen molar-refractivity contribution in [2.24, 2.45) is 5.73 Å². The summed E-state index contributed by atoms with van der Waals surface area (Å²) < 4.78 is 5.56. The summed E-state index contributed by atoms with van der Waals surface area (Å²) in [5, 5.41) is 9.71. The van der Waals surface area contributed by atoms with Crippen LogP contribution in [0.25, 0.3) is 0 Å². The summed E-state index contributed by atoms with van der Waals surface area (Å²) in [7, 11) is 0. The maximum atomic E-state index is 9.71. The summed E-state index contributed by atoms with van der Waals surface area (Å²) in [5.74, 6) is 0.615. The van der Waals surface area contributed by atoms with Crippen LogP contribution in [0.15, 0.2) is 48.5 Å². The Kier molecular flexibility index (Phi) is 3.79. The maximum Gasteiger partial charge on any atom is 0.129 e. The van der Waals surface area contributed by atoms with Gasteiger partial charge in [-0.05, 0) is 17.7 Å². The number of aromatic hydroxyl groups is 1. The fourth-order valence-corrected chi connectivity index (χ4v) is 1.72. The van der Waals surface area contributed by atoms with Gasteiger partial charge < -0.3 is 15.6 Å². The van der Waals surface area contributed by atoms with Gasteiger partial charge in [0.2, 0.25) is 0 Å². The third kappa shape index (κ3) is 2.99. The van der Waals surface area contributed by atoms with Crippen molar-refractivity contribution in [3.05, 3.63) is 59.7 Å². The first-order valence-corrected chi connectivity index (χ1v) is 5.87. The fraction of sp³-hybridized carbons (Fsp3) is 0.0714. The van der Waals surface area contributed by atoms with Crippen molar-refractivity contribution >= 4 is 17.2 Å². The van der Waals surface area contributed by atoms with E-state index >= 15 is 0 Å². The zero-order valence-electron chi connectivity index (χ0n) is 9.67. The molecule has 0 heterocycles. The quantitative estimate of drug-likeness (QED) is 0.829. The van der Waals surface area contributed by atoms with Crippen LogP contribution in [-0.4, -0.2) is 10.1 Å². The number of hydrogen-bond acceptors (Lipinski definition) is 3. The molecule has 0 aliphatic carbocycles. The van der Waals surface area contributed by atoms with E-state index in [-0.39, 0.29) is 10.7 Å². The van der Waals surface area contributed by atoms with Crippen LogP contribution < -0.4 is 10.5 Å². The number of hydrogen-bond donors (Lipinski definition) is 2. The van der Waals surface area contributed by atoms with Gasteiger partial charge in [0.25, 0.3) is 0 Å². The molecule has 0 bridgehead atoms. The van der Waals surface area contributed by atoms with Crippen molar-refractivity contribution < 1.29 is 9.84 Å². The normalized spacial score (nSPS) is 10.0. The van der Waals surface area contributed by atoms with Crippen molar-refractivity contribution in [1.82, 2.24) is 0 Å². The van der Waals surface area contributed by atoms with Crippen LogP contribution in [0.1, 0.15) is 11.1 Å². The van der Waals surface area contributed by atoms with Crippen molar-refractivity contribution in [3.63, 3.8) is 0 Å². The second-order valence-corrected chi connectivity index (χ2v) is 4.26. The van der Waals surface area contributed by atoms with E-state index < -0.39 is 0 Å². The second-order valence-electron chi connectivity index (χ2n) is 3.82. The molecule has 0 radical (unpaired) electrons. The molecule has 0 spiro atoms. The monoisotopic (exact) mass is 259 g/mol. The van der Waals surface area contributed by atoms with E-state index in [1.807, 2.05) is 30.3 Å². The van der Waals surface area contributed by atoms with Gasteiger partial charge in [-0.1, -0.05) is 42.5 Å². The molecule has 2 aromatic carbocycles. The SMILES string of the molecule is NC(=S)c1ccc(OCc2ccccc2)cc1O. The maximum absolute atomic E-state index is 9.71. The molecule has 0 fully saturated rings. The van der Waals surface area contributed by atoms with Crippen molar-refractivity contribution in [3.8, 4) is 11.5 Å². The third-order valence-electron chi connectivity index (χ3n) is 2.48. The topological polar surface area (TPSA) is 55.5 Å². The average molecular weight is 259 g/mol. The summed E-state index contributed by atoms with van der Waals surface area (Å²) >= 11 is 4.81. The minimum Gasteiger partial charge on any atom is -0.507 e. The van der Waals surface area contributed by atoms with E-state index in [4.69, 9.17) is 22.7 Å². The van der Waals surface area contributed by atoms with Gasteiger partial charge in [-0.2, -0.15) is 0 Å². The predicted octanol–water partition coefficient (Wildman–Crippen LogP) is 2.61. The molecular weight excluding hydrogens is 246 g/mol. The predicted molar refractivity (Wildman–Crippen MR) is 74.8 cm³/mol. The molecule has 0 aromatic heterocycles. The first-order chi connectivity index (χ1) is 8.66. The average Bonchev–Trinajstić information content (AvgIpc) is 2.37. The summed E-state index contributed by atoms with van der Waals surface area (Å²) in [6, 6.07) is 14.7.